The van der Waals surface area contributed by atoms with Gasteiger partial charge in [-0.15, -0.1) is 4.36 Å². The van der Waals surface area contributed by atoms with E-state index in [1.54, 1.807) is 0 Å². The zero-order chi connectivity index (χ0) is 21.8. The van der Waals surface area contributed by atoms with Gasteiger partial charge in [-0.05, 0) is 60.8 Å². The molecule has 5 rings (SSSR count). The molecule has 1 aromatic heterocycles. The number of hydrogen-bond donors (Lipinski definition) is 3. The van der Waals surface area contributed by atoms with Crippen molar-refractivity contribution in [3.05, 3.63) is 34.5 Å². The fourth-order valence-electron chi connectivity index (χ4n) is 4.83. The molecule has 0 saturated heterocycles. The smallest absolute Gasteiger partial charge is 0.354 e. The topological polar surface area (TPSA) is 132 Å². The number of nitrogens with zero attached hydrogens (tertiary/aromatic N) is 3. The molecule has 4 N–H and O–H groups in total. The van der Waals surface area contributed by atoms with Crippen LogP contribution in [0.2, 0.25) is 0 Å². The van der Waals surface area contributed by atoms with Gasteiger partial charge in [-0.1, -0.05) is 13.0 Å². The number of aliphatic hydroxyl groups excluding tert-OH is 1. The highest BCUT2D eigenvalue weighted by Gasteiger charge is 2.35. The van der Waals surface area contributed by atoms with Gasteiger partial charge in [0.2, 0.25) is 5.88 Å². The summed E-state index contributed by atoms with van der Waals surface area (Å²) >= 11 is 0. The van der Waals surface area contributed by atoms with Crippen LogP contribution in [-0.2, 0) is 42.1 Å². The van der Waals surface area contributed by atoms with Crippen molar-refractivity contribution in [3.63, 3.8) is 0 Å². The van der Waals surface area contributed by atoms with E-state index in [2.05, 4.69) is 20.8 Å². The second-order valence-corrected chi connectivity index (χ2v) is 10.8. The van der Waals surface area contributed by atoms with Gasteiger partial charge in [0.1, 0.15) is 4.90 Å². The number of aromatic nitrogens is 2. The minimum absolute atomic E-state index is 0.0713. The van der Waals surface area contributed by atoms with Gasteiger partial charge in [-0.2, -0.15) is 5.10 Å². The Labute approximate surface area is 181 Å². The Hall–Kier alpha value is -2.43. The monoisotopic (exact) mass is 445 g/mol. The first-order valence-electron chi connectivity index (χ1n) is 10.6. The number of ether oxygens (including phenoxy) is 1. The Morgan fingerprint density at radius 2 is 2.00 bits per heavy atom. The van der Waals surface area contributed by atoms with Gasteiger partial charge in [-0.3, -0.25) is 0 Å². The average molecular weight is 446 g/mol. The van der Waals surface area contributed by atoms with Crippen molar-refractivity contribution in [3.8, 4) is 5.88 Å². The van der Waals surface area contributed by atoms with Crippen molar-refractivity contribution < 1.29 is 18.8 Å². The highest BCUT2D eigenvalue weighted by Crippen LogP contribution is 2.39. The molecular formula is C21H27N5O4S. The Balaban J connectivity index is 1.45. The van der Waals surface area contributed by atoms with Crippen LogP contribution in [0.5, 0.6) is 5.88 Å². The third-order valence-electron chi connectivity index (χ3n) is 6.47. The lowest BCUT2D eigenvalue weighted by molar-refractivity contribution is 0.0287. The highest BCUT2D eigenvalue weighted by atomic mass is 32.2. The molecule has 1 unspecified atom stereocenters. The molecule has 1 aliphatic heterocycles. The van der Waals surface area contributed by atoms with Crippen LogP contribution in [0.3, 0.4) is 0 Å². The lowest BCUT2D eigenvalue weighted by atomic mass is 9.92. The molecule has 0 bridgehead atoms. The van der Waals surface area contributed by atoms with Gasteiger partial charge in [0.15, 0.2) is 9.92 Å². The summed E-state index contributed by atoms with van der Waals surface area (Å²) in [5.41, 5.74) is 5.25. The van der Waals surface area contributed by atoms with Crippen LogP contribution in [-0.4, -0.2) is 38.3 Å². The average Bonchev–Trinajstić information content (AvgIpc) is 3.46. The van der Waals surface area contributed by atoms with Crippen LogP contribution in [0, 0.1) is 5.41 Å². The number of aryl methyl sites for hydroxylation is 2. The molecule has 0 radical (unpaired) electrons. The lowest BCUT2D eigenvalue weighted by Gasteiger charge is -2.32. The Kier molecular flexibility index (Phi) is 4.83. The number of carbonyl (C=O) groups excluding carboxylic acids is 1. The van der Waals surface area contributed by atoms with E-state index in [1.165, 1.54) is 33.1 Å². The van der Waals surface area contributed by atoms with E-state index >= 15 is 0 Å². The molecular weight excluding hydrogens is 418 g/mol. The molecule has 0 saturated carbocycles. The Morgan fingerprint density at radius 3 is 2.65 bits per heavy atom. The number of aliphatic hydroxyl groups is 1. The van der Waals surface area contributed by atoms with Gasteiger partial charge >= 0.3 is 6.03 Å². The fourth-order valence-corrected chi connectivity index (χ4v) is 5.83. The van der Waals surface area contributed by atoms with Crippen molar-refractivity contribution in [2.45, 2.75) is 56.9 Å². The van der Waals surface area contributed by atoms with E-state index < -0.39 is 21.4 Å². The van der Waals surface area contributed by atoms with Gasteiger partial charge in [-0.25, -0.2) is 18.8 Å². The molecule has 3 aliphatic rings. The van der Waals surface area contributed by atoms with Crippen LogP contribution in [0.4, 0.5) is 10.5 Å². The second kappa shape index (κ2) is 7.32. The minimum Gasteiger partial charge on any atom is -0.476 e. The van der Waals surface area contributed by atoms with E-state index in [0.29, 0.717) is 6.54 Å². The summed E-state index contributed by atoms with van der Waals surface area (Å²) in [5.74, 6) is 0.233. The van der Waals surface area contributed by atoms with E-state index in [1.807, 2.05) is 6.92 Å². The maximum absolute atomic E-state index is 13.2. The molecule has 2 aromatic rings. The van der Waals surface area contributed by atoms with Crippen LogP contribution in [0.1, 0.15) is 42.0 Å². The predicted molar refractivity (Wildman–Crippen MR) is 115 cm³/mol. The summed E-state index contributed by atoms with van der Waals surface area (Å²) in [4.78, 5) is 12.9. The zero-order valence-electron chi connectivity index (χ0n) is 17.5. The maximum atomic E-state index is 13.2. The molecule has 1 aromatic carbocycles. The summed E-state index contributed by atoms with van der Waals surface area (Å²) in [6, 6.07) is 1.55. The summed E-state index contributed by atoms with van der Waals surface area (Å²) in [6.07, 6.45) is 7.34. The van der Waals surface area contributed by atoms with Crippen molar-refractivity contribution in [1.82, 2.24) is 9.78 Å². The quantitative estimate of drug-likeness (QED) is 0.666. The van der Waals surface area contributed by atoms with Crippen molar-refractivity contribution in [2.75, 3.05) is 18.5 Å². The van der Waals surface area contributed by atoms with Crippen LogP contribution in [0.25, 0.3) is 0 Å². The molecule has 0 spiro atoms. The standard InChI is InChI=1S/C21H27N5O4S/c1-21(11-27)10-26-19(30-12-21)17(9-23-26)31(22,29)25-20(28)24-18-15-6-2-4-13(15)8-14-5-3-7-16(14)18/h8-9,27H,2-7,10-12H2,1H3,(H3,22,24,25,28,29)/t21-,31?/m1/s1. The van der Waals surface area contributed by atoms with E-state index in [4.69, 9.17) is 9.88 Å². The zero-order valence-corrected chi connectivity index (χ0v) is 18.3. The van der Waals surface area contributed by atoms with Gasteiger partial charge < -0.3 is 15.2 Å². The van der Waals surface area contributed by atoms with Crippen LogP contribution >= 0.6 is 0 Å². The number of urea groups is 1. The van der Waals surface area contributed by atoms with E-state index in [9.17, 15) is 14.1 Å². The molecule has 31 heavy (non-hydrogen) atoms. The molecule has 2 amide bonds. The normalized spacial score (nSPS) is 23.3. The number of nitrogens with one attached hydrogen (secondary N) is 1. The first kappa shape index (κ1) is 20.5. The predicted octanol–water partition coefficient (Wildman–Crippen LogP) is 2.18. The van der Waals surface area contributed by atoms with Crippen molar-refractivity contribution >= 4 is 21.6 Å². The van der Waals surface area contributed by atoms with Crippen LogP contribution in [0.15, 0.2) is 21.5 Å². The molecule has 2 atom stereocenters. The Morgan fingerprint density at radius 1 is 1.32 bits per heavy atom. The molecule has 2 aliphatic carbocycles. The fraction of sp³-hybridized carbons (Fsp3) is 0.524. The number of rotatable bonds is 3. The van der Waals surface area contributed by atoms with Gasteiger partial charge in [0.05, 0.1) is 26.0 Å². The van der Waals surface area contributed by atoms with Crippen molar-refractivity contribution in [2.24, 2.45) is 14.9 Å². The number of hydrogen-bond acceptors (Lipinski definition) is 5. The maximum Gasteiger partial charge on any atom is 0.354 e. The summed E-state index contributed by atoms with van der Waals surface area (Å²) < 4.78 is 24.2. The second-order valence-electron chi connectivity index (χ2n) is 9.05. The first-order valence-corrected chi connectivity index (χ1v) is 12.2. The first-order chi connectivity index (χ1) is 14.8. The number of benzene rings is 1. The largest absolute Gasteiger partial charge is 0.476 e. The SMILES string of the molecule is C[C@@]1(CO)COc2c(S(N)(=O)=NC(=O)Nc3c4c(cc5c3CCC5)CCC4)cnn2C1. The van der Waals surface area contributed by atoms with Gasteiger partial charge in [0.25, 0.3) is 0 Å². The molecule has 10 heteroatoms. The highest BCUT2D eigenvalue weighted by molar-refractivity contribution is 7.91. The number of carbonyl (C=O) groups is 1. The summed E-state index contributed by atoms with van der Waals surface area (Å²) in [7, 11) is -3.56. The number of anilines is 1. The van der Waals surface area contributed by atoms with Crippen LogP contribution < -0.4 is 15.2 Å². The molecule has 2 heterocycles. The summed E-state index contributed by atoms with van der Waals surface area (Å²) in [6.45, 7) is 2.42. The summed E-state index contributed by atoms with van der Waals surface area (Å²) in [5, 5.41) is 22.6. The number of amides is 2. The van der Waals surface area contributed by atoms with E-state index in [0.717, 1.165) is 44.2 Å². The third-order valence-corrected chi connectivity index (χ3v) is 7.82. The molecule has 9 nitrogen and oxygen atoms in total. The van der Waals surface area contributed by atoms with Crippen molar-refractivity contribution in [1.29, 1.82) is 0 Å². The molecule has 166 valence electrons. The van der Waals surface area contributed by atoms with Gasteiger partial charge in [0, 0.05) is 11.1 Å². The minimum atomic E-state index is -3.56. The number of fused-ring (bicyclic) bond motifs is 3. The number of nitrogens with two attached hydrogens (primary N) is 1. The van der Waals surface area contributed by atoms with E-state index in [-0.39, 0.29) is 24.0 Å². The Bertz CT molecular complexity index is 1160. The lowest BCUT2D eigenvalue weighted by Crippen LogP contribution is -2.38. The third kappa shape index (κ3) is 3.52. The molecule has 0 fully saturated rings.